The number of amides is 1. The van der Waals surface area contributed by atoms with Crippen molar-refractivity contribution in [3.63, 3.8) is 0 Å². The summed E-state index contributed by atoms with van der Waals surface area (Å²) in [5.41, 5.74) is 3.64. The number of aromatic nitrogens is 6. The number of fused-ring (bicyclic) bond motifs is 4. The molecule has 0 bridgehead atoms. The SMILES string of the molecule is Cn1nc(N)c2c(Cl)ccc(-c3ccc(-c4cnc(C(C)(C)O)s4)nc3[C@H](Cc3cc(F)cc(F)c3)NC(=O)Cn3nc(C(F)(F)F)c4c3C(F)(F)[C@@H]3C[C@H]43)c21. The van der Waals surface area contributed by atoms with Gasteiger partial charge in [0.1, 0.15) is 34.5 Å². The Kier molecular flexibility index (Phi) is 8.78. The molecule has 0 spiro atoms. The molecular formula is C37H30ClF7N8O2S. The number of hydrogen-bond acceptors (Lipinski definition) is 8. The third-order valence-corrected chi connectivity index (χ3v) is 11.6. The number of anilines is 1. The van der Waals surface area contributed by atoms with Crippen LogP contribution in [0, 0.1) is 17.6 Å². The lowest BCUT2D eigenvalue weighted by atomic mass is 9.93. The second kappa shape index (κ2) is 13.0. The Labute approximate surface area is 322 Å². The molecule has 292 valence electrons. The minimum absolute atomic E-state index is 0.0602. The van der Waals surface area contributed by atoms with Crippen molar-refractivity contribution in [1.82, 2.24) is 34.8 Å². The number of hydrogen-bond donors (Lipinski definition) is 3. The lowest BCUT2D eigenvalue weighted by molar-refractivity contribution is -0.142. The zero-order valence-corrected chi connectivity index (χ0v) is 31.1. The molecule has 4 N–H and O–H groups in total. The van der Waals surface area contributed by atoms with Gasteiger partial charge < -0.3 is 16.2 Å². The number of aryl methyl sites for hydroxylation is 1. The predicted molar refractivity (Wildman–Crippen MR) is 193 cm³/mol. The maximum Gasteiger partial charge on any atom is 0.435 e. The molecular weight excluding hydrogens is 789 g/mol. The number of halogens is 8. The van der Waals surface area contributed by atoms with Gasteiger partial charge in [-0.2, -0.15) is 32.1 Å². The van der Waals surface area contributed by atoms with Crippen molar-refractivity contribution in [2.75, 3.05) is 5.73 Å². The third kappa shape index (κ3) is 6.46. The lowest BCUT2D eigenvalue weighted by Crippen LogP contribution is -2.35. The Bertz CT molecular complexity index is 2560. The number of benzene rings is 2. The zero-order valence-electron chi connectivity index (χ0n) is 29.5. The molecule has 10 nitrogen and oxygen atoms in total. The molecule has 0 unspecified atom stereocenters. The van der Waals surface area contributed by atoms with Crippen molar-refractivity contribution in [3.8, 4) is 21.7 Å². The molecule has 1 amide bonds. The molecule has 0 saturated heterocycles. The molecule has 56 heavy (non-hydrogen) atoms. The van der Waals surface area contributed by atoms with Crippen molar-refractivity contribution < 1.29 is 40.6 Å². The van der Waals surface area contributed by atoms with Crippen LogP contribution in [-0.2, 0) is 42.5 Å². The van der Waals surface area contributed by atoms with Gasteiger partial charge in [-0.3, -0.25) is 14.2 Å². The second-order valence-electron chi connectivity index (χ2n) is 14.5. The fourth-order valence-electron chi connectivity index (χ4n) is 7.56. The molecule has 6 aromatic rings. The first-order chi connectivity index (χ1) is 26.2. The van der Waals surface area contributed by atoms with Crippen LogP contribution >= 0.6 is 22.9 Å². The molecule has 1 saturated carbocycles. The molecule has 0 aliphatic heterocycles. The summed E-state index contributed by atoms with van der Waals surface area (Å²) < 4.78 is 104. The van der Waals surface area contributed by atoms with Gasteiger partial charge in [-0.05, 0) is 62.4 Å². The topological polar surface area (TPSA) is 137 Å². The smallest absolute Gasteiger partial charge is 0.383 e. The molecule has 2 aromatic carbocycles. The highest BCUT2D eigenvalue weighted by Gasteiger charge is 2.68. The van der Waals surface area contributed by atoms with E-state index in [9.17, 15) is 31.9 Å². The van der Waals surface area contributed by atoms with E-state index < -0.39 is 76.6 Å². The number of nitrogens with one attached hydrogen (secondary N) is 1. The van der Waals surface area contributed by atoms with Crippen molar-refractivity contribution in [2.45, 2.75) is 62.9 Å². The first kappa shape index (κ1) is 37.8. The van der Waals surface area contributed by atoms with Crippen molar-refractivity contribution in [1.29, 1.82) is 0 Å². The Hall–Kier alpha value is -5.07. The van der Waals surface area contributed by atoms with Crippen molar-refractivity contribution in [2.24, 2.45) is 13.0 Å². The quantitative estimate of drug-likeness (QED) is 0.126. The lowest BCUT2D eigenvalue weighted by Gasteiger charge is -2.23. The average Bonchev–Trinajstić information content (AvgIpc) is 3.32. The summed E-state index contributed by atoms with van der Waals surface area (Å²) in [5.74, 6) is -8.77. The number of alkyl halides is 5. The van der Waals surface area contributed by atoms with E-state index in [0.717, 1.165) is 23.5 Å². The molecule has 8 rings (SSSR count). The maximum atomic E-state index is 15.4. The van der Waals surface area contributed by atoms with Crippen molar-refractivity contribution >= 4 is 45.6 Å². The number of carbonyl (C=O) groups is 1. The van der Waals surface area contributed by atoms with Crippen LogP contribution < -0.4 is 11.1 Å². The number of thiazole rings is 1. The van der Waals surface area contributed by atoms with E-state index in [1.165, 1.54) is 10.9 Å². The zero-order chi connectivity index (χ0) is 40.2. The van der Waals surface area contributed by atoms with Gasteiger partial charge in [-0.1, -0.05) is 23.7 Å². The van der Waals surface area contributed by atoms with Gasteiger partial charge in [0, 0.05) is 41.9 Å². The first-order valence-corrected chi connectivity index (χ1v) is 18.3. The van der Waals surface area contributed by atoms with Crippen LogP contribution in [0.4, 0.5) is 36.6 Å². The summed E-state index contributed by atoms with van der Waals surface area (Å²) >= 11 is 7.67. The van der Waals surface area contributed by atoms with Crippen LogP contribution in [0.2, 0.25) is 5.02 Å². The summed E-state index contributed by atoms with van der Waals surface area (Å²) in [4.78, 5) is 23.7. The van der Waals surface area contributed by atoms with E-state index in [0.29, 0.717) is 48.4 Å². The standard InChI is InChI=1S/C37H30ClF7N8O2S/c1-35(2,55)34-47-13-25(56-34)23-7-5-18(19-4-6-22(38)28-30(19)52(3)51-33(28)46)29(49-23)24(10-15-8-16(39)11-17(40)9-15)48-26(54)14-53-32-27(31(50-53)37(43,44)45)20-12-21(20)36(32,41)42/h4-9,11,13,20-21,24,55H,10,12,14H2,1-3H3,(H2,46,51)(H,48,54)/t20-,21+,24-/m0/s1. The molecule has 2 aliphatic carbocycles. The highest BCUT2D eigenvalue weighted by Crippen LogP contribution is 2.68. The van der Waals surface area contributed by atoms with E-state index in [-0.39, 0.29) is 34.9 Å². The minimum Gasteiger partial charge on any atom is -0.383 e. The molecule has 1 fully saturated rings. The van der Waals surface area contributed by atoms with Crippen LogP contribution in [0.5, 0.6) is 0 Å². The molecule has 19 heteroatoms. The number of carbonyl (C=O) groups excluding carboxylic acids is 1. The van der Waals surface area contributed by atoms with E-state index in [4.69, 9.17) is 22.3 Å². The Morgan fingerprint density at radius 2 is 1.80 bits per heavy atom. The highest BCUT2D eigenvalue weighted by molar-refractivity contribution is 7.15. The van der Waals surface area contributed by atoms with Gasteiger partial charge in [0.2, 0.25) is 5.91 Å². The Morgan fingerprint density at radius 3 is 2.46 bits per heavy atom. The number of aliphatic hydroxyl groups is 1. The van der Waals surface area contributed by atoms with Crippen LogP contribution in [0.3, 0.4) is 0 Å². The third-order valence-electron chi connectivity index (χ3n) is 9.98. The molecule has 4 aromatic heterocycles. The van der Waals surface area contributed by atoms with E-state index in [1.54, 1.807) is 45.2 Å². The summed E-state index contributed by atoms with van der Waals surface area (Å²) in [5, 5.41) is 22.1. The second-order valence-corrected chi connectivity index (χ2v) is 15.9. The van der Waals surface area contributed by atoms with Crippen LogP contribution in [0.1, 0.15) is 65.4 Å². The average molecular weight is 819 g/mol. The summed E-state index contributed by atoms with van der Waals surface area (Å²) in [6, 6.07) is 7.99. The molecule has 0 radical (unpaired) electrons. The largest absolute Gasteiger partial charge is 0.435 e. The van der Waals surface area contributed by atoms with E-state index in [1.807, 2.05) is 0 Å². The maximum absolute atomic E-state index is 15.4. The Morgan fingerprint density at radius 1 is 1.11 bits per heavy atom. The summed E-state index contributed by atoms with van der Waals surface area (Å²) in [6.07, 6.45) is -4.02. The number of pyridine rings is 1. The van der Waals surface area contributed by atoms with Gasteiger partial charge in [-0.15, -0.1) is 11.3 Å². The number of nitrogens with two attached hydrogens (primary N) is 1. The number of nitrogen functional groups attached to an aromatic ring is 1. The molecule has 3 atom stereocenters. The Balaban J connectivity index is 1.28. The molecule has 4 heterocycles. The number of nitrogens with zero attached hydrogens (tertiary/aromatic N) is 6. The van der Waals surface area contributed by atoms with Gasteiger partial charge in [0.15, 0.2) is 11.5 Å². The highest BCUT2D eigenvalue weighted by atomic mass is 35.5. The fraction of sp³-hybridized carbons (Fsp3) is 0.324. The predicted octanol–water partition coefficient (Wildman–Crippen LogP) is 8.02. The first-order valence-electron chi connectivity index (χ1n) is 17.1. The normalized spacial score (nSPS) is 17.9. The van der Waals surface area contributed by atoms with Crippen LogP contribution in [-0.4, -0.2) is 40.5 Å². The van der Waals surface area contributed by atoms with E-state index >= 15 is 8.78 Å². The van der Waals surface area contributed by atoms with Gasteiger partial charge in [0.25, 0.3) is 5.92 Å². The van der Waals surface area contributed by atoms with Crippen LogP contribution in [0.25, 0.3) is 32.6 Å². The summed E-state index contributed by atoms with van der Waals surface area (Å²) in [6.45, 7) is 2.07. The van der Waals surface area contributed by atoms with Gasteiger partial charge in [0.05, 0.1) is 38.2 Å². The number of rotatable bonds is 9. The summed E-state index contributed by atoms with van der Waals surface area (Å²) in [7, 11) is 1.63. The van der Waals surface area contributed by atoms with Crippen molar-refractivity contribution in [3.05, 3.63) is 98.5 Å². The van der Waals surface area contributed by atoms with Gasteiger partial charge in [-0.25, -0.2) is 18.7 Å². The fourth-order valence-corrected chi connectivity index (χ4v) is 8.69. The monoisotopic (exact) mass is 818 g/mol. The van der Waals surface area contributed by atoms with E-state index in [2.05, 4.69) is 20.5 Å². The molecule has 2 aliphatic rings. The van der Waals surface area contributed by atoms with Gasteiger partial charge >= 0.3 is 6.18 Å². The van der Waals surface area contributed by atoms with Crippen LogP contribution in [0.15, 0.2) is 48.7 Å². The minimum atomic E-state index is -5.05.